The standard InChI is InChI=1S/C12H13NOS/c1-8-9-5-4-6-14-11(9)7-10(13-2)12(8)15-3/h7H,4-6H2,1,3H3. The zero-order chi connectivity index (χ0) is 10.8. The van der Waals surface area contributed by atoms with Gasteiger partial charge in [-0.1, -0.05) is 0 Å². The molecule has 78 valence electrons. The summed E-state index contributed by atoms with van der Waals surface area (Å²) in [7, 11) is 0. The highest BCUT2D eigenvalue weighted by Gasteiger charge is 2.18. The maximum Gasteiger partial charge on any atom is 0.204 e. The highest BCUT2D eigenvalue weighted by Crippen LogP contribution is 2.40. The van der Waals surface area contributed by atoms with Crippen LogP contribution in [0.1, 0.15) is 17.5 Å². The van der Waals surface area contributed by atoms with Crippen LogP contribution >= 0.6 is 11.8 Å². The van der Waals surface area contributed by atoms with Crippen molar-refractivity contribution in [1.82, 2.24) is 0 Å². The van der Waals surface area contributed by atoms with Gasteiger partial charge in [0, 0.05) is 4.90 Å². The van der Waals surface area contributed by atoms with E-state index in [1.165, 1.54) is 11.1 Å². The fourth-order valence-electron chi connectivity index (χ4n) is 2.00. The lowest BCUT2D eigenvalue weighted by Crippen LogP contribution is -2.10. The smallest absolute Gasteiger partial charge is 0.204 e. The van der Waals surface area contributed by atoms with Crippen LogP contribution in [0.4, 0.5) is 5.69 Å². The number of hydrogen-bond donors (Lipinski definition) is 0. The second-order valence-corrected chi connectivity index (χ2v) is 4.41. The van der Waals surface area contributed by atoms with Gasteiger partial charge in [0.1, 0.15) is 5.75 Å². The lowest BCUT2D eigenvalue weighted by atomic mass is 10.00. The molecule has 0 N–H and O–H groups in total. The molecular formula is C12H13NOS. The van der Waals surface area contributed by atoms with Gasteiger partial charge in [-0.2, -0.15) is 0 Å². The summed E-state index contributed by atoms with van der Waals surface area (Å²) < 4.78 is 5.59. The first kappa shape index (κ1) is 10.4. The van der Waals surface area contributed by atoms with Crippen molar-refractivity contribution in [2.75, 3.05) is 12.9 Å². The first-order valence-corrected chi connectivity index (χ1v) is 6.21. The van der Waals surface area contributed by atoms with Gasteiger partial charge in [-0.15, -0.1) is 11.8 Å². The Labute approximate surface area is 94.5 Å². The zero-order valence-corrected chi connectivity index (χ0v) is 9.78. The molecule has 0 aliphatic carbocycles. The van der Waals surface area contributed by atoms with Gasteiger partial charge in [0.05, 0.1) is 13.2 Å². The van der Waals surface area contributed by atoms with E-state index >= 15 is 0 Å². The molecule has 15 heavy (non-hydrogen) atoms. The highest BCUT2D eigenvalue weighted by atomic mass is 32.2. The summed E-state index contributed by atoms with van der Waals surface area (Å²) in [4.78, 5) is 4.67. The Kier molecular flexibility index (Phi) is 2.88. The van der Waals surface area contributed by atoms with E-state index in [1.807, 2.05) is 12.3 Å². The summed E-state index contributed by atoms with van der Waals surface area (Å²) >= 11 is 1.65. The maximum atomic E-state index is 7.16. The van der Waals surface area contributed by atoms with E-state index in [2.05, 4.69) is 11.8 Å². The summed E-state index contributed by atoms with van der Waals surface area (Å²) in [5, 5.41) is 0. The van der Waals surface area contributed by atoms with Crippen molar-refractivity contribution >= 4 is 17.4 Å². The molecule has 0 bridgehead atoms. The lowest BCUT2D eigenvalue weighted by molar-refractivity contribution is 0.287. The number of fused-ring (bicyclic) bond motifs is 1. The quantitative estimate of drug-likeness (QED) is 0.529. The Balaban J connectivity index is 2.63. The molecule has 0 fully saturated rings. The number of nitrogens with zero attached hydrogens (tertiary/aromatic N) is 1. The third kappa shape index (κ3) is 1.70. The molecule has 1 aromatic rings. The Bertz CT molecular complexity index is 434. The van der Waals surface area contributed by atoms with Gasteiger partial charge in [-0.05, 0) is 43.2 Å². The van der Waals surface area contributed by atoms with Crippen LogP contribution in [0.3, 0.4) is 0 Å². The summed E-state index contributed by atoms with van der Waals surface area (Å²) in [6.07, 6.45) is 4.18. The van der Waals surface area contributed by atoms with Crippen LogP contribution in [0.25, 0.3) is 4.85 Å². The fraction of sp³-hybridized carbons (Fsp3) is 0.417. The monoisotopic (exact) mass is 219 g/mol. The Hall–Kier alpha value is -1.14. The Morgan fingerprint density at radius 3 is 3.00 bits per heavy atom. The molecule has 0 unspecified atom stereocenters. The summed E-state index contributed by atoms with van der Waals surface area (Å²) in [6.45, 7) is 10.0. The molecule has 0 aromatic heterocycles. The molecule has 0 spiro atoms. The third-order valence-electron chi connectivity index (χ3n) is 2.74. The molecule has 2 rings (SSSR count). The third-order valence-corrected chi connectivity index (χ3v) is 3.67. The SMILES string of the molecule is [C-]#[N+]c1cc2c(c(C)c1SC)CCCO2. The van der Waals surface area contributed by atoms with Crippen molar-refractivity contribution in [2.24, 2.45) is 0 Å². The molecule has 1 aliphatic heterocycles. The van der Waals surface area contributed by atoms with Crippen LogP contribution in [0, 0.1) is 13.5 Å². The summed E-state index contributed by atoms with van der Waals surface area (Å²) in [6, 6.07) is 1.89. The van der Waals surface area contributed by atoms with Crippen LogP contribution in [-0.2, 0) is 6.42 Å². The molecule has 0 amide bonds. The summed E-state index contributed by atoms with van der Waals surface area (Å²) in [5.41, 5.74) is 3.24. The van der Waals surface area contributed by atoms with E-state index in [0.717, 1.165) is 35.8 Å². The van der Waals surface area contributed by atoms with Crippen molar-refractivity contribution in [2.45, 2.75) is 24.7 Å². The van der Waals surface area contributed by atoms with Gasteiger partial charge in [-0.3, -0.25) is 0 Å². The average Bonchev–Trinajstić information content (AvgIpc) is 2.29. The zero-order valence-electron chi connectivity index (χ0n) is 8.96. The Morgan fingerprint density at radius 2 is 2.33 bits per heavy atom. The number of ether oxygens (including phenoxy) is 1. The number of rotatable bonds is 1. The van der Waals surface area contributed by atoms with Crippen molar-refractivity contribution in [3.8, 4) is 5.75 Å². The second kappa shape index (κ2) is 4.16. The van der Waals surface area contributed by atoms with E-state index in [1.54, 1.807) is 11.8 Å². The van der Waals surface area contributed by atoms with Crippen molar-refractivity contribution in [1.29, 1.82) is 0 Å². The molecule has 0 radical (unpaired) electrons. The van der Waals surface area contributed by atoms with Gasteiger partial charge < -0.3 is 4.74 Å². The number of thioether (sulfide) groups is 1. The predicted molar refractivity (Wildman–Crippen MR) is 63.0 cm³/mol. The van der Waals surface area contributed by atoms with E-state index in [0.29, 0.717) is 0 Å². The fourth-order valence-corrected chi connectivity index (χ4v) is 2.75. The van der Waals surface area contributed by atoms with Crippen LogP contribution in [-0.4, -0.2) is 12.9 Å². The highest BCUT2D eigenvalue weighted by molar-refractivity contribution is 7.98. The minimum Gasteiger partial charge on any atom is -0.495 e. The predicted octanol–water partition coefficient (Wildman–Crippen LogP) is 3.59. The van der Waals surface area contributed by atoms with E-state index in [9.17, 15) is 0 Å². The van der Waals surface area contributed by atoms with Crippen LogP contribution in [0.5, 0.6) is 5.75 Å². The number of hydrogen-bond acceptors (Lipinski definition) is 2. The molecule has 3 heteroatoms. The van der Waals surface area contributed by atoms with Gasteiger partial charge in [0.15, 0.2) is 0 Å². The molecule has 0 saturated carbocycles. The minimum atomic E-state index is 0.723. The largest absolute Gasteiger partial charge is 0.495 e. The molecule has 1 heterocycles. The van der Waals surface area contributed by atoms with E-state index in [4.69, 9.17) is 11.3 Å². The topological polar surface area (TPSA) is 13.6 Å². The van der Waals surface area contributed by atoms with Crippen molar-refractivity contribution in [3.05, 3.63) is 28.6 Å². The minimum absolute atomic E-state index is 0.723. The summed E-state index contributed by atoms with van der Waals surface area (Å²) in [5.74, 6) is 0.919. The average molecular weight is 219 g/mol. The first-order chi connectivity index (χ1) is 7.27. The molecular weight excluding hydrogens is 206 g/mol. The Morgan fingerprint density at radius 1 is 1.53 bits per heavy atom. The van der Waals surface area contributed by atoms with Gasteiger partial charge in [-0.25, -0.2) is 4.85 Å². The van der Waals surface area contributed by atoms with Crippen molar-refractivity contribution in [3.63, 3.8) is 0 Å². The molecule has 1 aliphatic rings. The van der Waals surface area contributed by atoms with Crippen LogP contribution in [0.15, 0.2) is 11.0 Å². The maximum absolute atomic E-state index is 7.16. The lowest BCUT2D eigenvalue weighted by Gasteiger charge is -2.21. The van der Waals surface area contributed by atoms with E-state index < -0.39 is 0 Å². The first-order valence-electron chi connectivity index (χ1n) is 4.98. The molecule has 0 atom stereocenters. The normalized spacial score (nSPS) is 13.9. The van der Waals surface area contributed by atoms with Crippen LogP contribution < -0.4 is 4.74 Å². The van der Waals surface area contributed by atoms with Gasteiger partial charge in [0.25, 0.3) is 0 Å². The molecule has 0 saturated heterocycles. The molecule has 2 nitrogen and oxygen atoms in total. The number of benzene rings is 1. The molecule has 1 aromatic carbocycles. The van der Waals surface area contributed by atoms with Crippen molar-refractivity contribution < 1.29 is 4.74 Å². The van der Waals surface area contributed by atoms with E-state index in [-0.39, 0.29) is 0 Å². The van der Waals surface area contributed by atoms with Crippen LogP contribution in [0.2, 0.25) is 0 Å². The van der Waals surface area contributed by atoms with Gasteiger partial charge in [0.2, 0.25) is 5.69 Å². The second-order valence-electron chi connectivity index (χ2n) is 3.59. The van der Waals surface area contributed by atoms with Gasteiger partial charge >= 0.3 is 0 Å².